The van der Waals surface area contributed by atoms with Gasteiger partial charge < -0.3 is 9.47 Å². The lowest BCUT2D eigenvalue weighted by molar-refractivity contribution is -0.145. The number of hydrogen-bond donors (Lipinski definition) is 0. The molecule has 0 saturated heterocycles. The number of nitrogens with zero attached hydrogens (tertiary/aromatic N) is 1. The van der Waals surface area contributed by atoms with Crippen molar-refractivity contribution < 1.29 is 18.7 Å². The van der Waals surface area contributed by atoms with Crippen molar-refractivity contribution in [1.29, 1.82) is 0 Å². The van der Waals surface area contributed by atoms with Gasteiger partial charge >= 0.3 is 5.97 Å². The van der Waals surface area contributed by atoms with Crippen molar-refractivity contribution in [3.8, 4) is 16.9 Å². The van der Waals surface area contributed by atoms with Gasteiger partial charge in [0.25, 0.3) is 0 Å². The Morgan fingerprint density at radius 3 is 2.24 bits per heavy atom. The Morgan fingerprint density at radius 1 is 0.868 bits per heavy atom. The summed E-state index contributed by atoms with van der Waals surface area (Å²) in [7, 11) is 1.62. The molecule has 0 spiro atoms. The molecule has 0 radical (unpaired) electrons. The van der Waals surface area contributed by atoms with Crippen LogP contribution in [0.1, 0.15) is 49.0 Å². The molecule has 4 aromatic rings. The quantitative estimate of drug-likeness (QED) is 0.193. The van der Waals surface area contributed by atoms with Crippen LogP contribution in [0.4, 0.5) is 4.39 Å². The number of carbonyl (C=O) groups is 1. The predicted octanol–water partition coefficient (Wildman–Crippen LogP) is 7.76. The molecular weight excluding hydrogens is 477 g/mol. The van der Waals surface area contributed by atoms with Crippen LogP contribution in [-0.4, -0.2) is 24.6 Å². The second-order valence-corrected chi connectivity index (χ2v) is 9.24. The number of methoxy groups -OCH3 is 1. The van der Waals surface area contributed by atoms with E-state index in [1.54, 1.807) is 20.1 Å². The number of carbonyl (C=O) groups excluding carboxylic acids is 1. The van der Waals surface area contributed by atoms with Crippen molar-refractivity contribution in [2.24, 2.45) is 0 Å². The zero-order valence-corrected chi connectivity index (χ0v) is 22.1. The molecule has 0 heterocycles. The smallest absolute Gasteiger partial charge is 0.307 e. The van der Waals surface area contributed by atoms with Gasteiger partial charge in [-0.3, -0.25) is 9.69 Å². The lowest BCUT2D eigenvalue weighted by Crippen LogP contribution is -2.33. The second-order valence-electron chi connectivity index (χ2n) is 9.24. The van der Waals surface area contributed by atoms with E-state index in [1.165, 1.54) is 6.07 Å². The molecule has 38 heavy (non-hydrogen) atoms. The SMILES string of the molecule is CCOC(=O)C[C@@H](c1cc(-c2cccc(OC)c2)ccc1F)N(Cc1ccccc1)[C@H](C)c1ccccc1. The van der Waals surface area contributed by atoms with E-state index in [1.807, 2.05) is 66.7 Å². The van der Waals surface area contributed by atoms with Crippen molar-refractivity contribution in [3.05, 3.63) is 126 Å². The molecule has 4 rings (SSSR count). The normalized spacial score (nSPS) is 12.7. The van der Waals surface area contributed by atoms with Gasteiger partial charge in [0.15, 0.2) is 0 Å². The van der Waals surface area contributed by atoms with E-state index in [-0.39, 0.29) is 30.9 Å². The third-order valence-electron chi connectivity index (χ3n) is 6.81. The van der Waals surface area contributed by atoms with E-state index in [9.17, 15) is 4.79 Å². The summed E-state index contributed by atoms with van der Waals surface area (Å²) in [6.07, 6.45) is 0.0241. The number of ether oxygens (including phenoxy) is 2. The van der Waals surface area contributed by atoms with Crippen LogP contribution in [0.3, 0.4) is 0 Å². The third-order valence-corrected chi connectivity index (χ3v) is 6.81. The second kappa shape index (κ2) is 13.0. The molecule has 5 heteroatoms. The van der Waals surface area contributed by atoms with Crippen molar-refractivity contribution in [1.82, 2.24) is 4.90 Å². The molecule has 4 aromatic carbocycles. The fourth-order valence-electron chi connectivity index (χ4n) is 4.80. The Balaban J connectivity index is 1.83. The van der Waals surface area contributed by atoms with Crippen LogP contribution in [0, 0.1) is 5.82 Å². The van der Waals surface area contributed by atoms with Gasteiger partial charge in [0.1, 0.15) is 11.6 Å². The Kier molecular flexibility index (Phi) is 9.28. The fourth-order valence-corrected chi connectivity index (χ4v) is 4.80. The minimum Gasteiger partial charge on any atom is -0.497 e. The molecule has 2 atom stereocenters. The highest BCUT2D eigenvalue weighted by atomic mass is 19.1. The standard InChI is InChI=1S/C33H34FNO3/c1-4-38-33(36)22-32(30-21-28(18-19-31(30)34)27-16-11-17-29(20-27)37-3)35(23-25-12-7-5-8-13-25)24(2)26-14-9-6-10-15-26/h5-21,24,32H,4,22-23H2,1-3H3/t24-,32+/m1/s1. The van der Waals surface area contributed by atoms with Gasteiger partial charge in [0.2, 0.25) is 0 Å². The highest BCUT2D eigenvalue weighted by Gasteiger charge is 2.31. The number of hydrogen-bond acceptors (Lipinski definition) is 4. The van der Waals surface area contributed by atoms with E-state index < -0.39 is 6.04 Å². The summed E-state index contributed by atoms with van der Waals surface area (Å²) in [5.74, 6) is 0.00567. The minimum atomic E-state index is -0.560. The average molecular weight is 512 g/mol. The lowest BCUT2D eigenvalue weighted by atomic mass is 9.93. The molecule has 4 nitrogen and oxygen atoms in total. The van der Waals surface area contributed by atoms with E-state index in [0.717, 1.165) is 28.0 Å². The van der Waals surface area contributed by atoms with E-state index in [0.29, 0.717) is 12.1 Å². The first-order valence-electron chi connectivity index (χ1n) is 12.9. The molecular formula is C33H34FNO3. The molecule has 0 N–H and O–H groups in total. The molecule has 0 aliphatic rings. The Bertz CT molecular complexity index is 1330. The van der Waals surface area contributed by atoms with Crippen molar-refractivity contribution in [2.75, 3.05) is 13.7 Å². The first-order valence-corrected chi connectivity index (χ1v) is 12.9. The van der Waals surface area contributed by atoms with Gasteiger partial charge in [0, 0.05) is 24.2 Å². The van der Waals surface area contributed by atoms with Crippen LogP contribution in [0.2, 0.25) is 0 Å². The maximum absolute atomic E-state index is 15.7. The van der Waals surface area contributed by atoms with Crippen LogP contribution in [0.15, 0.2) is 103 Å². The van der Waals surface area contributed by atoms with Crippen LogP contribution >= 0.6 is 0 Å². The first kappa shape index (κ1) is 27.1. The molecule has 0 aliphatic heterocycles. The monoisotopic (exact) mass is 511 g/mol. The Labute approximate surface area is 224 Å². The molecule has 0 aromatic heterocycles. The zero-order valence-electron chi connectivity index (χ0n) is 22.1. The van der Waals surface area contributed by atoms with Crippen LogP contribution in [0.5, 0.6) is 5.75 Å². The maximum Gasteiger partial charge on any atom is 0.307 e. The molecule has 0 unspecified atom stereocenters. The van der Waals surface area contributed by atoms with Gasteiger partial charge in [-0.25, -0.2) is 4.39 Å². The number of esters is 1. The van der Waals surface area contributed by atoms with Crippen LogP contribution in [-0.2, 0) is 16.1 Å². The molecule has 0 saturated carbocycles. The number of halogens is 1. The highest BCUT2D eigenvalue weighted by molar-refractivity contribution is 5.71. The summed E-state index contributed by atoms with van der Waals surface area (Å²) in [6, 6.07) is 32.3. The third kappa shape index (κ3) is 6.67. The van der Waals surface area contributed by atoms with Crippen molar-refractivity contribution in [2.45, 2.75) is 38.9 Å². The zero-order chi connectivity index (χ0) is 26.9. The summed E-state index contributed by atoms with van der Waals surface area (Å²) in [5.41, 5.74) is 4.37. The Morgan fingerprint density at radius 2 is 1.55 bits per heavy atom. The topological polar surface area (TPSA) is 38.8 Å². The van der Waals surface area contributed by atoms with E-state index in [2.05, 4.69) is 36.1 Å². The van der Waals surface area contributed by atoms with Gasteiger partial charge in [0.05, 0.1) is 20.1 Å². The van der Waals surface area contributed by atoms with Gasteiger partial charge in [-0.2, -0.15) is 0 Å². The van der Waals surface area contributed by atoms with E-state index >= 15 is 4.39 Å². The molecule has 0 amide bonds. The summed E-state index contributed by atoms with van der Waals surface area (Å²) >= 11 is 0. The summed E-state index contributed by atoms with van der Waals surface area (Å²) in [5, 5.41) is 0. The van der Waals surface area contributed by atoms with Crippen LogP contribution in [0.25, 0.3) is 11.1 Å². The summed E-state index contributed by atoms with van der Waals surface area (Å²) < 4.78 is 26.4. The fraction of sp³-hybridized carbons (Fsp3) is 0.242. The van der Waals surface area contributed by atoms with Gasteiger partial charge in [-0.15, -0.1) is 0 Å². The average Bonchev–Trinajstić information content (AvgIpc) is 2.96. The molecule has 0 fully saturated rings. The largest absolute Gasteiger partial charge is 0.497 e. The van der Waals surface area contributed by atoms with E-state index in [4.69, 9.17) is 9.47 Å². The number of rotatable bonds is 11. The first-order chi connectivity index (χ1) is 18.5. The van der Waals surface area contributed by atoms with Crippen LogP contribution < -0.4 is 4.74 Å². The predicted molar refractivity (Wildman–Crippen MR) is 149 cm³/mol. The highest BCUT2D eigenvalue weighted by Crippen LogP contribution is 2.38. The van der Waals surface area contributed by atoms with Crippen molar-refractivity contribution >= 4 is 5.97 Å². The molecule has 0 aliphatic carbocycles. The summed E-state index contributed by atoms with van der Waals surface area (Å²) in [6.45, 7) is 4.68. The maximum atomic E-state index is 15.7. The van der Waals surface area contributed by atoms with Gasteiger partial charge in [-0.05, 0) is 60.4 Å². The molecule has 0 bridgehead atoms. The minimum absolute atomic E-state index is 0.0241. The Hall–Kier alpha value is -3.96. The summed E-state index contributed by atoms with van der Waals surface area (Å²) in [4.78, 5) is 15.1. The number of benzene rings is 4. The lowest BCUT2D eigenvalue weighted by Gasteiger charge is -2.37. The molecule has 196 valence electrons. The van der Waals surface area contributed by atoms with Crippen molar-refractivity contribution in [3.63, 3.8) is 0 Å². The van der Waals surface area contributed by atoms with Gasteiger partial charge in [-0.1, -0.05) is 78.9 Å².